The summed E-state index contributed by atoms with van der Waals surface area (Å²) in [7, 11) is -4.13. The Kier molecular flexibility index (Phi) is 8.70. The molecule has 176 valence electrons. The van der Waals surface area contributed by atoms with Crippen molar-refractivity contribution in [3.8, 4) is 5.75 Å². The number of hydrogen-bond donors (Lipinski definition) is 1. The van der Waals surface area contributed by atoms with E-state index in [-0.39, 0.29) is 20.6 Å². The minimum absolute atomic E-state index is 0.00122. The molecule has 0 fully saturated rings. The summed E-state index contributed by atoms with van der Waals surface area (Å²) >= 11 is 12.4. The van der Waals surface area contributed by atoms with Gasteiger partial charge in [-0.1, -0.05) is 72.3 Å². The molecule has 0 spiro atoms. The van der Waals surface area contributed by atoms with Crippen LogP contribution >= 0.6 is 23.2 Å². The molecule has 0 aliphatic heterocycles. The molecule has 0 bridgehead atoms. The number of nitrogens with zero attached hydrogens (tertiary/aromatic N) is 2. The molecule has 0 heterocycles. The Labute approximate surface area is 208 Å². The second-order valence-electron chi connectivity index (χ2n) is 6.86. The van der Waals surface area contributed by atoms with Gasteiger partial charge in [-0.3, -0.25) is 9.10 Å². The van der Waals surface area contributed by atoms with Crippen LogP contribution in [0, 0.1) is 0 Å². The van der Waals surface area contributed by atoms with Crippen LogP contribution in [0.25, 0.3) is 0 Å². The van der Waals surface area contributed by atoms with Gasteiger partial charge in [0.05, 0.1) is 26.8 Å². The number of rotatable bonds is 10. The van der Waals surface area contributed by atoms with Crippen molar-refractivity contribution in [1.82, 2.24) is 5.43 Å². The second-order valence-corrected chi connectivity index (χ2v) is 9.51. The number of anilines is 1. The summed E-state index contributed by atoms with van der Waals surface area (Å²) in [5.41, 5.74) is 3.09. The Morgan fingerprint density at radius 2 is 1.79 bits per heavy atom. The molecule has 0 atom stereocenters. The fourth-order valence-electron chi connectivity index (χ4n) is 2.89. The van der Waals surface area contributed by atoms with Gasteiger partial charge in [-0.2, -0.15) is 5.10 Å². The van der Waals surface area contributed by atoms with E-state index in [2.05, 4.69) is 17.1 Å². The van der Waals surface area contributed by atoms with E-state index in [1.54, 1.807) is 54.6 Å². The van der Waals surface area contributed by atoms with Crippen LogP contribution < -0.4 is 14.5 Å². The lowest BCUT2D eigenvalue weighted by atomic mass is 10.2. The van der Waals surface area contributed by atoms with Crippen LogP contribution in [0.3, 0.4) is 0 Å². The van der Waals surface area contributed by atoms with E-state index < -0.39 is 22.5 Å². The largest absolute Gasteiger partial charge is 0.490 e. The summed E-state index contributed by atoms with van der Waals surface area (Å²) in [6, 6.07) is 19.3. The molecule has 3 aromatic rings. The van der Waals surface area contributed by atoms with E-state index in [0.29, 0.717) is 17.9 Å². The van der Waals surface area contributed by atoms with Gasteiger partial charge < -0.3 is 4.74 Å². The Balaban J connectivity index is 1.81. The number of halogens is 2. The maximum Gasteiger partial charge on any atom is 0.264 e. The number of carbonyl (C=O) groups is 1. The fraction of sp³-hybridized carbons (Fsp3) is 0.0833. The van der Waals surface area contributed by atoms with E-state index in [1.807, 2.05) is 0 Å². The average Bonchev–Trinajstić information content (AvgIpc) is 2.84. The first-order valence-electron chi connectivity index (χ1n) is 10.0. The SMILES string of the molecule is C=CCOc1cccc(/C=N/NC(=O)CN(c2cccc(Cl)c2Cl)S(=O)(=O)c2ccccc2)c1. The molecular formula is C24H21Cl2N3O4S. The molecule has 3 rings (SSSR count). The zero-order chi connectivity index (χ0) is 24.6. The minimum atomic E-state index is -4.13. The number of sulfonamides is 1. The quantitative estimate of drug-likeness (QED) is 0.235. The number of hydrazone groups is 1. The summed E-state index contributed by atoms with van der Waals surface area (Å²) in [6.45, 7) is 3.38. The third-order valence-electron chi connectivity index (χ3n) is 4.45. The third-order valence-corrected chi connectivity index (χ3v) is 7.03. The van der Waals surface area contributed by atoms with Gasteiger partial charge in [0.25, 0.3) is 15.9 Å². The molecule has 0 radical (unpaired) electrons. The standard InChI is InChI=1S/C24H21Cl2N3O4S/c1-2-14-33-19-9-6-8-18(15-19)16-27-28-23(30)17-29(22-13-7-12-21(25)24(22)26)34(31,32)20-10-4-3-5-11-20/h2-13,15-16H,1,14,17H2,(H,28,30)/b27-16+. The maximum absolute atomic E-state index is 13.3. The summed E-state index contributed by atoms with van der Waals surface area (Å²) < 4.78 is 33.0. The first-order valence-corrected chi connectivity index (χ1v) is 12.2. The number of amides is 1. The lowest BCUT2D eigenvalue weighted by Gasteiger charge is -2.24. The molecule has 1 N–H and O–H groups in total. The highest BCUT2D eigenvalue weighted by Gasteiger charge is 2.29. The highest BCUT2D eigenvalue weighted by Crippen LogP contribution is 2.35. The zero-order valence-electron chi connectivity index (χ0n) is 17.9. The van der Waals surface area contributed by atoms with Crippen LogP contribution in [0.15, 0.2) is 95.4 Å². The molecule has 0 saturated heterocycles. The first-order chi connectivity index (χ1) is 16.3. The predicted octanol–water partition coefficient (Wildman–Crippen LogP) is 4.90. The summed E-state index contributed by atoms with van der Waals surface area (Å²) in [5.74, 6) is -0.0586. The van der Waals surface area contributed by atoms with Crippen LogP contribution in [0.5, 0.6) is 5.75 Å². The van der Waals surface area contributed by atoms with Gasteiger partial charge in [0.15, 0.2) is 0 Å². The van der Waals surface area contributed by atoms with Crippen LogP contribution in [0.2, 0.25) is 10.0 Å². The summed E-state index contributed by atoms with van der Waals surface area (Å²) in [5, 5.41) is 4.09. The number of carbonyl (C=O) groups excluding carboxylic acids is 1. The highest BCUT2D eigenvalue weighted by atomic mass is 35.5. The topological polar surface area (TPSA) is 88.1 Å². The van der Waals surface area contributed by atoms with Gasteiger partial charge in [0, 0.05) is 0 Å². The summed E-state index contributed by atoms with van der Waals surface area (Å²) in [6.07, 6.45) is 3.05. The number of nitrogens with one attached hydrogen (secondary N) is 1. The zero-order valence-corrected chi connectivity index (χ0v) is 20.2. The lowest BCUT2D eigenvalue weighted by molar-refractivity contribution is -0.119. The van der Waals surface area contributed by atoms with Crippen molar-refractivity contribution in [1.29, 1.82) is 0 Å². The highest BCUT2D eigenvalue weighted by molar-refractivity contribution is 7.92. The van der Waals surface area contributed by atoms with Crippen molar-refractivity contribution in [2.75, 3.05) is 17.5 Å². The average molecular weight is 518 g/mol. The maximum atomic E-state index is 13.3. The van der Waals surface area contributed by atoms with Crippen LogP contribution in [-0.2, 0) is 14.8 Å². The molecular weight excluding hydrogens is 497 g/mol. The number of ether oxygens (including phenoxy) is 1. The third kappa shape index (κ3) is 6.38. The van der Waals surface area contributed by atoms with Crippen molar-refractivity contribution in [3.63, 3.8) is 0 Å². The van der Waals surface area contributed by atoms with E-state index in [1.165, 1.54) is 30.5 Å². The van der Waals surface area contributed by atoms with Gasteiger partial charge >= 0.3 is 0 Å². The summed E-state index contributed by atoms with van der Waals surface area (Å²) in [4.78, 5) is 12.7. The molecule has 0 unspecified atom stereocenters. The molecule has 0 aliphatic rings. The van der Waals surface area contributed by atoms with Gasteiger partial charge in [0.1, 0.15) is 18.9 Å². The van der Waals surface area contributed by atoms with Crippen molar-refractivity contribution in [3.05, 3.63) is 101 Å². The van der Waals surface area contributed by atoms with Crippen molar-refractivity contribution in [2.24, 2.45) is 5.10 Å². The first kappa shape index (κ1) is 25.3. The fourth-order valence-corrected chi connectivity index (χ4v) is 4.79. The Bertz CT molecular complexity index is 1300. The smallest absolute Gasteiger partial charge is 0.264 e. The van der Waals surface area contributed by atoms with E-state index in [4.69, 9.17) is 27.9 Å². The van der Waals surface area contributed by atoms with Gasteiger partial charge in [-0.15, -0.1) is 0 Å². The van der Waals surface area contributed by atoms with Crippen molar-refractivity contribution in [2.45, 2.75) is 4.90 Å². The molecule has 34 heavy (non-hydrogen) atoms. The number of hydrogen-bond acceptors (Lipinski definition) is 5. The van der Waals surface area contributed by atoms with Crippen LogP contribution in [0.1, 0.15) is 5.56 Å². The van der Waals surface area contributed by atoms with Gasteiger partial charge in [-0.25, -0.2) is 13.8 Å². The lowest BCUT2D eigenvalue weighted by Crippen LogP contribution is -2.39. The number of benzene rings is 3. The predicted molar refractivity (Wildman–Crippen MR) is 135 cm³/mol. The monoisotopic (exact) mass is 517 g/mol. The van der Waals surface area contributed by atoms with Gasteiger partial charge in [0.2, 0.25) is 0 Å². The Morgan fingerprint density at radius 3 is 2.53 bits per heavy atom. The van der Waals surface area contributed by atoms with E-state index in [0.717, 1.165) is 4.31 Å². The molecule has 10 heteroatoms. The molecule has 0 aliphatic carbocycles. The van der Waals surface area contributed by atoms with Crippen LogP contribution in [-0.4, -0.2) is 33.7 Å². The molecule has 7 nitrogen and oxygen atoms in total. The Hall–Kier alpha value is -3.33. The Morgan fingerprint density at radius 1 is 1.06 bits per heavy atom. The second kappa shape index (κ2) is 11.7. The van der Waals surface area contributed by atoms with Gasteiger partial charge in [-0.05, 0) is 42.0 Å². The molecule has 3 aromatic carbocycles. The normalized spacial score (nSPS) is 11.2. The molecule has 0 aromatic heterocycles. The van der Waals surface area contributed by atoms with E-state index in [9.17, 15) is 13.2 Å². The van der Waals surface area contributed by atoms with Crippen molar-refractivity contribution < 1.29 is 17.9 Å². The molecule has 1 amide bonds. The van der Waals surface area contributed by atoms with Crippen molar-refractivity contribution >= 4 is 51.0 Å². The van der Waals surface area contributed by atoms with E-state index >= 15 is 0 Å². The molecule has 0 saturated carbocycles. The minimum Gasteiger partial charge on any atom is -0.490 e. The van der Waals surface area contributed by atoms with Crippen LogP contribution in [0.4, 0.5) is 5.69 Å².